The van der Waals surface area contributed by atoms with Crippen molar-refractivity contribution in [1.82, 2.24) is 0 Å². The van der Waals surface area contributed by atoms with Crippen molar-refractivity contribution >= 4 is 34.8 Å². The highest BCUT2D eigenvalue weighted by Gasteiger charge is 2.07. The average molecular weight is 310 g/mol. The van der Waals surface area contributed by atoms with E-state index in [9.17, 15) is 4.79 Å². The van der Waals surface area contributed by atoms with Crippen LogP contribution in [0.2, 0.25) is 10.0 Å². The van der Waals surface area contributed by atoms with Crippen LogP contribution in [-0.2, 0) is 4.79 Å². The largest absolute Gasteiger partial charge is 0.484 e. The normalized spacial score (nSPS) is 10.2. The molecule has 2 rings (SSSR count). The maximum atomic E-state index is 11.8. The smallest absolute Gasteiger partial charge is 0.262 e. The molecule has 0 bridgehead atoms. The molecule has 2 aromatic rings. The van der Waals surface area contributed by atoms with Gasteiger partial charge in [-0.1, -0.05) is 29.3 Å². The third-order valence-corrected chi connectivity index (χ3v) is 3.39. The van der Waals surface area contributed by atoms with E-state index in [4.69, 9.17) is 27.9 Å². The van der Waals surface area contributed by atoms with Gasteiger partial charge in [-0.25, -0.2) is 0 Å². The first-order valence-corrected chi connectivity index (χ1v) is 6.75. The molecule has 0 aliphatic carbocycles. The highest BCUT2D eigenvalue weighted by Crippen LogP contribution is 2.23. The van der Waals surface area contributed by atoms with Crippen molar-refractivity contribution in [3.05, 3.63) is 58.1 Å². The molecule has 1 N–H and O–H groups in total. The Bertz CT molecular complexity index is 612. The summed E-state index contributed by atoms with van der Waals surface area (Å²) in [6.45, 7) is 1.77. The molecular weight excluding hydrogens is 297 g/mol. The molecular formula is C15H13Cl2NO2. The third kappa shape index (κ3) is 3.89. The summed E-state index contributed by atoms with van der Waals surface area (Å²) in [6.07, 6.45) is 0. The summed E-state index contributed by atoms with van der Waals surface area (Å²) < 4.78 is 5.36. The Labute approximate surface area is 127 Å². The van der Waals surface area contributed by atoms with Gasteiger partial charge in [-0.3, -0.25) is 4.79 Å². The van der Waals surface area contributed by atoms with Crippen LogP contribution >= 0.6 is 23.2 Å². The standard InChI is InChI=1S/C15H13Cl2NO2/c1-10-13(17)3-2-4-14(10)18-15(19)9-20-12-7-5-11(16)6-8-12/h2-8H,9H2,1H3,(H,18,19). The maximum absolute atomic E-state index is 11.8. The van der Waals surface area contributed by atoms with Crippen molar-refractivity contribution in [2.75, 3.05) is 11.9 Å². The van der Waals surface area contributed by atoms with Crippen LogP contribution in [0.25, 0.3) is 0 Å². The summed E-state index contributed by atoms with van der Waals surface area (Å²) >= 11 is 11.8. The molecule has 0 fully saturated rings. The average Bonchev–Trinajstić information content (AvgIpc) is 2.43. The molecule has 0 aromatic heterocycles. The number of benzene rings is 2. The molecule has 0 radical (unpaired) electrons. The molecule has 0 aliphatic rings. The predicted octanol–water partition coefficient (Wildman–Crippen LogP) is 4.32. The van der Waals surface area contributed by atoms with Crippen molar-refractivity contribution < 1.29 is 9.53 Å². The summed E-state index contributed by atoms with van der Waals surface area (Å²) in [7, 11) is 0. The van der Waals surface area contributed by atoms with Crippen LogP contribution in [0.5, 0.6) is 5.75 Å². The van der Waals surface area contributed by atoms with Gasteiger partial charge >= 0.3 is 0 Å². The Kier molecular flexibility index (Phi) is 4.88. The molecule has 0 atom stereocenters. The van der Waals surface area contributed by atoms with E-state index in [0.717, 1.165) is 5.56 Å². The number of carbonyl (C=O) groups is 1. The van der Waals surface area contributed by atoms with Gasteiger partial charge in [0.25, 0.3) is 5.91 Å². The summed E-state index contributed by atoms with van der Waals surface area (Å²) in [5, 5.41) is 3.99. The van der Waals surface area contributed by atoms with Gasteiger partial charge in [0.15, 0.2) is 6.61 Å². The molecule has 3 nitrogen and oxygen atoms in total. The number of nitrogens with one attached hydrogen (secondary N) is 1. The van der Waals surface area contributed by atoms with Gasteiger partial charge in [0, 0.05) is 15.7 Å². The molecule has 0 heterocycles. The lowest BCUT2D eigenvalue weighted by atomic mass is 10.2. The van der Waals surface area contributed by atoms with Gasteiger partial charge < -0.3 is 10.1 Å². The topological polar surface area (TPSA) is 38.3 Å². The van der Waals surface area contributed by atoms with Crippen molar-refractivity contribution in [3.8, 4) is 5.75 Å². The van der Waals surface area contributed by atoms with Crippen LogP contribution in [0.4, 0.5) is 5.69 Å². The van der Waals surface area contributed by atoms with E-state index in [1.807, 2.05) is 6.92 Å². The van der Waals surface area contributed by atoms with Gasteiger partial charge in [0.1, 0.15) is 5.75 Å². The van der Waals surface area contributed by atoms with Crippen molar-refractivity contribution in [2.45, 2.75) is 6.92 Å². The summed E-state index contributed by atoms with van der Waals surface area (Å²) in [4.78, 5) is 11.8. The number of anilines is 1. The van der Waals surface area contributed by atoms with Gasteiger partial charge in [0.2, 0.25) is 0 Å². The minimum atomic E-state index is -0.245. The van der Waals surface area contributed by atoms with Crippen LogP contribution in [0.15, 0.2) is 42.5 Å². The highest BCUT2D eigenvalue weighted by atomic mass is 35.5. The van der Waals surface area contributed by atoms with E-state index >= 15 is 0 Å². The molecule has 2 aromatic carbocycles. The summed E-state index contributed by atoms with van der Waals surface area (Å²) in [5.74, 6) is 0.345. The van der Waals surface area contributed by atoms with E-state index < -0.39 is 0 Å². The van der Waals surface area contributed by atoms with Crippen molar-refractivity contribution in [3.63, 3.8) is 0 Å². The fraction of sp³-hybridized carbons (Fsp3) is 0.133. The van der Waals surface area contributed by atoms with E-state index in [2.05, 4.69) is 5.32 Å². The first-order chi connectivity index (χ1) is 9.56. The van der Waals surface area contributed by atoms with E-state index in [-0.39, 0.29) is 12.5 Å². The molecule has 0 spiro atoms. The van der Waals surface area contributed by atoms with Crippen molar-refractivity contribution in [2.24, 2.45) is 0 Å². The first-order valence-electron chi connectivity index (χ1n) is 5.99. The van der Waals surface area contributed by atoms with Crippen LogP contribution in [0.1, 0.15) is 5.56 Å². The lowest BCUT2D eigenvalue weighted by Crippen LogP contribution is -2.20. The molecule has 0 unspecified atom stereocenters. The number of carbonyl (C=O) groups excluding carboxylic acids is 1. The van der Waals surface area contributed by atoms with Crippen LogP contribution in [-0.4, -0.2) is 12.5 Å². The van der Waals surface area contributed by atoms with Crippen molar-refractivity contribution in [1.29, 1.82) is 0 Å². The SMILES string of the molecule is Cc1c(Cl)cccc1NC(=O)COc1ccc(Cl)cc1. The van der Waals surface area contributed by atoms with E-state index in [1.54, 1.807) is 42.5 Å². The number of ether oxygens (including phenoxy) is 1. The second-order valence-electron chi connectivity index (χ2n) is 4.20. The predicted molar refractivity (Wildman–Crippen MR) is 81.8 cm³/mol. The number of rotatable bonds is 4. The van der Waals surface area contributed by atoms with Gasteiger partial charge in [-0.05, 0) is 48.9 Å². The van der Waals surface area contributed by atoms with Gasteiger partial charge in [-0.2, -0.15) is 0 Å². The zero-order valence-electron chi connectivity index (χ0n) is 10.8. The van der Waals surface area contributed by atoms with Gasteiger partial charge in [-0.15, -0.1) is 0 Å². The minimum absolute atomic E-state index is 0.0758. The van der Waals surface area contributed by atoms with Crippen LogP contribution in [0.3, 0.4) is 0 Å². The Morgan fingerprint density at radius 1 is 1.15 bits per heavy atom. The molecule has 0 aliphatic heterocycles. The second kappa shape index (κ2) is 6.64. The number of hydrogen-bond donors (Lipinski definition) is 1. The quantitative estimate of drug-likeness (QED) is 0.913. The van der Waals surface area contributed by atoms with Gasteiger partial charge in [0.05, 0.1) is 0 Å². The number of amides is 1. The lowest BCUT2D eigenvalue weighted by molar-refractivity contribution is -0.118. The first kappa shape index (κ1) is 14.7. The maximum Gasteiger partial charge on any atom is 0.262 e. The molecule has 5 heteroatoms. The fourth-order valence-corrected chi connectivity index (χ4v) is 1.91. The Morgan fingerprint density at radius 2 is 1.85 bits per heavy atom. The summed E-state index contributed by atoms with van der Waals surface area (Å²) in [6, 6.07) is 12.2. The van der Waals surface area contributed by atoms with Crippen LogP contribution in [0, 0.1) is 6.92 Å². The number of hydrogen-bond acceptors (Lipinski definition) is 2. The molecule has 1 amide bonds. The Balaban J connectivity index is 1.92. The Hall–Kier alpha value is -1.71. The van der Waals surface area contributed by atoms with Crippen LogP contribution < -0.4 is 10.1 Å². The highest BCUT2D eigenvalue weighted by molar-refractivity contribution is 6.31. The lowest BCUT2D eigenvalue weighted by Gasteiger charge is -2.10. The second-order valence-corrected chi connectivity index (χ2v) is 5.05. The third-order valence-electron chi connectivity index (χ3n) is 2.73. The zero-order chi connectivity index (χ0) is 14.5. The Morgan fingerprint density at radius 3 is 2.55 bits per heavy atom. The number of halogens is 2. The summed E-state index contributed by atoms with van der Waals surface area (Å²) in [5.41, 5.74) is 1.51. The molecule has 0 saturated carbocycles. The fourth-order valence-electron chi connectivity index (χ4n) is 1.61. The molecule has 20 heavy (non-hydrogen) atoms. The minimum Gasteiger partial charge on any atom is -0.484 e. The monoisotopic (exact) mass is 309 g/mol. The van der Waals surface area contributed by atoms with E-state index in [1.165, 1.54) is 0 Å². The molecule has 0 saturated heterocycles. The molecule has 104 valence electrons. The van der Waals surface area contributed by atoms with E-state index in [0.29, 0.717) is 21.5 Å². The zero-order valence-corrected chi connectivity index (χ0v) is 12.3.